The zero-order valence-electron chi connectivity index (χ0n) is 36.1. The van der Waals surface area contributed by atoms with E-state index in [1.807, 2.05) is 0 Å². The summed E-state index contributed by atoms with van der Waals surface area (Å²) in [6, 6.07) is 0. The zero-order valence-corrected chi connectivity index (χ0v) is 36.1. The molecule has 0 aromatic heterocycles. The number of rotatable bonds is 25. The second kappa shape index (κ2) is 24.3. The fraction of sp³-hybridized carbons (Fsp3) is 0.780. The van der Waals surface area contributed by atoms with Crippen LogP contribution in [-0.4, -0.2) is 35.6 Å². The lowest BCUT2D eigenvalue weighted by Crippen LogP contribution is -2.54. The first kappa shape index (κ1) is 46.1. The van der Waals surface area contributed by atoms with Crippen LogP contribution in [0, 0.1) is 46.3 Å². The summed E-state index contributed by atoms with van der Waals surface area (Å²) in [6.07, 6.45) is 46.2. The van der Waals surface area contributed by atoms with Gasteiger partial charge in [-0.3, -0.25) is 14.4 Å². The molecule has 0 aromatic rings. The fourth-order valence-electron chi connectivity index (χ4n) is 12.1. The van der Waals surface area contributed by atoms with Crippen molar-refractivity contribution in [2.75, 3.05) is 6.54 Å². The van der Waals surface area contributed by atoms with Gasteiger partial charge in [-0.15, -0.1) is 0 Å². The molecule has 2 N–H and O–H groups in total. The van der Waals surface area contributed by atoms with Crippen molar-refractivity contribution >= 4 is 17.8 Å². The van der Waals surface area contributed by atoms with Crippen molar-refractivity contribution in [2.24, 2.45) is 46.3 Å². The van der Waals surface area contributed by atoms with Gasteiger partial charge in [0.05, 0.1) is 0 Å². The number of carboxylic acids is 1. The van der Waals surface area contributed by atoms with Gasteiger partial charge in [0.1, 0.15) is 12.6 Å². The fourth-order valence-corrected chi connectivity index (χ4v) is 12.1. The van der Waals surface area contributed by atoms with E-state index >= 15 is 0 Å². The number of allylic oxidation sites excluding steroid dienone is 8. The maximum atomic E-state index is 12.9. The molecule has 0 aliphatic heterocycles. The van der Waals surface area contributed by atoms with Crippen molar-refractivity contribution in [3.05, 3.63) is 48.6 Å². The summed E-state index contributed by atoms with van der Waals surface area (Å²) in [5.74, 6) is 3.00. The number of carbonyl (C=O) groups is 3. The van der Waals surface area contributed by atoms with Gasteiger partial charge in [0.2, 0.25) is 5.91 Å². The molecule has 0 bridgehead atoms. The van der Waals surface area contributed by atoms with Crippen LogP contribution in [0.5, 0.6) is 0 Å². The van der Waals surface area contributed by atoms with E-state index in [4.69, 9.17) is 9.84 Å². The molecular formula is C50H81NO5. The van der Waals surface area contributed by atoms with E-state index < -0.39 is 5.97 Å². The molecule has 6 heteroatoms. The number of amides is 1. The Labute approximate surface area is 342 Å². The van der Waals surface area contributed by atoms with Crippen LogP contribution < -0.4 is 5.32 Å². The molecule has 0 aromatic carbocycles. The van der Waals surface area contributed by atoms with Gasteiger partial charge in [0.15, 0.2) is 0 Å². The molecule has 9 atom stereocenters. The van der Waals surface area contributed by atoms with E-state index in [2.05, 4.69) is 81.6 Å². The van der Waals surface area contributed by atoms with Crippen molar-refractivity contribution in [3.8, 4) is 0 Å². The summed E-state index contributed by atoms with van der Waals surface area (Å²) in [5, 5.41) is 11.4. The first-order valence-corrected chi connectivity index (χ1v) is 23.4. The monoisotopic (exact) mass is 776 g/mol. The van der Waals surface area contributed by atoms with Crippen LogP contribution in [0.4, 0.5) is 0 Å². The zero-order chi connectivity index (χ0) is 40.2. The highest BCUT2D eigenvalue weighted by Crippen LogP contribution is 2.68. The Kier molecular flexibility index (Phi) is 20.0. The van der Waals surface area contributed by atoms with Gasteiger partial charge < -0.3 is 15.2 Å². The van der Waals surface area contributed by atoms with Crippen LogP contribution in [0.2, 0.25) is 0 Å². The molecule has 9 unspecified atom stereocenters. The highest BCUT2D eigenvalue weighted by Gasteiger charge is 2.60. The van der Waals surface area contributed by atoms with Gasteiger partial charge in [-0.05, 0) is 155 Å². The Morgan fingerprint density at radius 3 is 2.00 bits per heavy atom. The Balaban J connectivity index is 1.04. The molecule has 56 heavy (non-hydrogen) atoms. The molecule has 4 aliphatic rings. The molecular weight excluding hydrogens is 695 g/mol. The number of ether oxygens (including phenoxy) is 1. The van der Waals surface area contributed by atoms with Crippen molar-refractivity contribution < 1.29 is 24.2 Å². The number of esters is 1. The third-order valence-electron chi connectivity index (χ3n) is 15.2. The van der Waals surface area contributed by atoms with E-state index in [9.17, 15) is 14.4 Å². The third-order valence-corrected chi connectivity index (χ3v) is 15.2. The van der Waals surface area contributed by atoms with Crippen LogP contribution in [-0.2, 0) is 19.1 Å². The number of unbranched alkanes of at least 4 members (excludes halogenated alkanes) is 8. The minimum atomic E-state index is -0.991. The second-order valence-electron chi connectivity index (χ2n) is 18.8. The summed E-state index contributed by atoms with van der Waals surface area (Å²) >= 11 is 0. The van der Waals surface area contributed by atoms with Gasteiger partial charge in [-0.2, -0.15) is 0 Å². The molecule has 4 fully saturated rings. The Bertz CT molecular complexity index is 1320. The molecule has 6 nitrogen and oxygen atoms in total. The van der Waals surface area contributed by atoms with Crippen molar-refractivity contribution in [1.82, 2.24) is 5.32 Å². The summed E-state index contributed by atoms with van der Waals surface area (Å²) in [4.78, 5) is 36.0. The van der Waals surface area contributed by atoms with Crippen LogP contribution in [0.1, 0.15) is 188 Å². The summed E-state index contributed by atoms with van der Waals surface area (Å²) in [5.41, 5.74) is 0.698. The van der Waals surface area contributed by atoms with Crippen molar-refractivity contribution in [1.29, 1.82) is 0 Å². The van der Waals surface area contributed by atoms with Gasteiger partial charge >= 0.3 is 11.9 Å². The minimum absolute atomic E-state index is 0.0297. The molecule has 4 saturated carbocycles. The average molecular weight is 776 g/mol. The van der Waals surface area contributed by atoms with E-state index in [1.54, 1.807) is 0 Å². The average Bonchev–Trinajstić information content (AvgIpc) is 3.54. The third kappa shape index (κ3) is 14.0. The number of hydrogen-bond acceptors (Lipinski definition) is 4. The maximum absolute atomic E-state index is 12.9. The molecule has 0 spiro atoms. The van der Waals surface area contributed by atoms with Crippen molar-refractivity contribution in [3.63, 3.8) is 0 Å². The largest absolute Gasteiger partial charge is 0.480 e. The number of fused-ring (bicyclic) bond motifs is 5. The van der Waals surface area contributed by atoms with Gasteiger partial charge in [0.25, 0.3) is 0 Å². The Morgan fingerprint density at radius 1 is 0.714 bits per heavy atom. The number of aliphatic carboxylic acids is 1. The van der Waals surface area contributed by atoms with Gasteiger partial charge in [0, 0.05) is 12.8 Å². The molecule has 316 valence electrons. The quantitative estimate of drug-likeness (QED) is 0.0547. The van der Waals surface area contributed by atoms with Gasteiger partial charge in [-0.25, -0.2) is 0 Å². The highest BCUT2D eigenvalue weighted by atomic mass is 16.5. The summed E-state index contributed by atoms with van der Waals surface area (Å²) < 4.78 is 6.15. The van der Waals surface area contributed by atoms with E-state index in [0.717, 1.165) is 75.5 Å². The van der Waals surface area contributed by atoms with Crippen molar-refractivity contribution in [2.45, 2.75) is 194 Å². The normalized spacial score (nSPS) is 30.8. The highest BCUT2D eigenvalue weighted by molar-refractivity contribution is 5.81. The predicted molar refractivity (Wildman–Crippen MR) is 231 cm³/mol. The topological polar surface area (TPSA) is 92.7 Å². The second-order valence-corrected chi connectivity index (χ2v) is 18.8. The smallest absolute Gasteiger partial charge is 0.322 e. The first-order chi connectivity index (χ1) is 27.1. The number of hydrogen-bond donors (Lipinski definition) is 2. The number of carboxylic acid groups (broad SMARTS) is 1. The van der Waals surface area contributed by atoms with Crippen LogP contribution >= 0.6 is 0 Å². The number of carbonyl (C=O) groups excluding carboxylic acids is 2. The lowest BCUT2D eigenvalue weighted by atomic mass is 9.44. The Hall–Kier alpha value is -2.63. The molecule has 0 heterocycles. The van der Waals surface area contributed by atoms with E-state index in [1.165, 1.54) is 89.9 Å². The lowest BCUT2D eigenvalue weighted by molar-refractivity contribution is -0.162. The Morgan fingerprint density at radius 2 is 1.32 bits per heavy atom. The summed E-state index contributed by atoms with van der Waals surface area (Å²) in [6.45, 7) is 9.35. The van der Waals surface area contributed by atoms with Gasteiger partial charge in [-0.1, -0.05) is 115 Å². The van der Waals surface area contributed by atoms with Crippen LogP contribution in [0.25, 0.3) is 0 Å². The van der Waals surface area contributed by atoms with E-state index in [-0.39, 0.29) is 24.5 Å². The van der Waals surface area contributed by atoms with Crippen LogP contribution in [0.15, 0.2) is 48.6 Å². The standard InChI is InChI=1S/C50H81NO5/c1-5-6-7-8-9-10-11-12-13-14-15-16-17-18-19-20-21-22-23-24-25-26-48(55)56-41-33-35-49(3)40(37-41)28-29-42-44-31-30-43(50(44,4)36-34-45(42)49)39(2)27-32-46(52)51-38-47(53)54/h6-7,9-10,12-13,15-16,39-45H,5,8,11,14,17-38H2,1-4H3,(H,51,52)(H,53,54)/b7-6-,10-9-,13-12-,16-15-. The minimum Gasteiger partial charge on any atom is -0.480 e. The molecule has 1 amide bonds. The SMILES string of the molecule is CC/C=C\C/C=C\C/C=C\C/C=C\CCCCCCCCCCC(=O)OC1CCC2(C)C(CCC3C2CCC2(C)C(C(C)CCC(=O)NCC(=O)O)CCC32)C1. The number of nitrogens with one attached hydrogen (secondary N) is 1. The summed E-state index contributed by atoms with van der Waals surface area (Å²) in [7, 11) is 0. The lowest BCUT2D eigenvalue weighted by Gasteiger charge is -2.61. The molecule has 4 rings (SSSR count). The first-order valence-electron chi connectivity index (χ1n) is 23.4. The molecule has 0 saturated heterocycles. The maximum Gasteiger partial charge on any atom is 0.322 e. The van der Waals surface area contributed by atoms with Crippen LogP contribution in [0.3, 0.4) is 0 Å². The molecule has 4 aliphatic carbocycles. The van der Waals surface area contributed by atoms with E-state index in [0.29, 0.717) is 41.4 Å². The molecule has 0 radical (unpaired) electrons. The predicted octanol–water partition coefficient (Wildman–Crippen LogP) is 12.9.